The monoisotopic (exact) mass is 261 g/mol. The van der Waals surface area contributed by atoms with Gasteiger partial charge in [0, 0.05) is 25.6 Å². The molecule has 104 valence electrons. The lowest BCUT2D eigenvalue weighted by molar-refractivity contribution is 0.213. The number of likely N-dealkylation sites (tertiary alicyclic amines) is 1. The second-order valence-electron chi connectivity index (χ2n) is 6.14. The van der Waals surface area contributed by atoms with Gasteiger partial charge >= 0.3 is 0 Å². The van der Waals surface area contributed by atoms with Gasteiger partial charge in [-0.05, 0) is 42.4 Å². The Hall–Kier alpha value is -1.06. The topological polar surface area (TPSA) is 43.7 Å². The normalized spacial score (nSPS) is 28.5. The highest BCUT2D eigenvalue weighted by molar-refractivity contribution is 5.28. The first kappa shape index (κ1) is 12.9. The van der Waals surface area contributed by atoms with Crippen LogP contribution in [0.5, 0.6) is 5.75 Å². The molecule has 0 spiro atoms. The Labute approximate surface area is 114 Å². The molecule has 0 aromatic heterocycles. The van der Waals surface area contributed by atoms with Gasteiger partial charge in [0.25, 0.3) is 0 Å². The molecule has 2 fully saturated rings. The summed E-state index contributed by atoms with van der Waals surface area (Å²) in [7, 11) is 0. The Balaban J connectivity index is 1.62. The number of benzene rings is 1. The highest BCUT2D eigenvalue weighted by Gasteiger charge is 2.36. The molecule has 1 saturated carbocycles. The number of phenolic OH excluding ortho intramolecular Hbond substituents is 1. The van der Waals surface area contributed by atoms with Crippen LogP contribution in [0.4, 0.5) is 0 Å². The summed E-state index contributed by atoms with van der Waals surface area (Å²) in [5.74, 6) is 2.26. The predicted molar refractivity (Wildman–Crippen MR) is 75.2 cm³/mol. The maximum Gasteiger partial charge on any atom is 0.115 e. The van der Waals surface area contributed by atoms with Gasteiger partial charge in [0.2, 0.25) is 0 Å². The Morgan fingerprint density at radius 3 is 2.32 bits per heavy atom. The zero-order valence-electron chi connectivity index (χ0n) is 11.3. The highest BCUT2D eigenvalue weighted by atomic mass is 16.3. The molecule has 1 aromatic rings. The maximum atomic E-state index is 9.62. The van der Waals surface area contributed by atoms with E-state index in [0.29, 0.717) is 0 Å². The average Bonchev–Trinajstić information content (AvgIpc) is 2.98. The maximum absolute atomic E-state index is 9.62. The van der Waals surface area contributed by atoms with E-state index >= 15 is 0 Å². The lowest BCUT2D eigenvalue weighted by Crippen LogP contribution is -2.28. The third-order valence-corrected chi connectivity index (χ3v) is 4.87. The third-order valence-electron chi connectivity index (χ3n) is 4.87. The molecule has 2 aliphatic rings. The third kappa shape index (κ3) is 2.77. The van der Waals surface area contributed by atoms with E-state index < -0.39 is 0 Å². The second-order valence-corrected chi connectivity index (χ2v) is 6.14. The number of aromatic hydroxyl groups is 1. The number of fused-ring (bicyclic) bond motifs is 1. The minimum absolute atomic E-state index is 0.166. The molecule has 1 aromatic carbocycles. The molecule has 3 rings (SSSR count). The fourth-order valence-electron chi connectivity index (χ4n) is 3.81. The van der Waals surface area contributed by atoms with Crippen molar-refractivity contribution < 1.29 is 10.2 Å². The van der Waals surface area contributed by atoms with Crippen LogP contribution >= 0.6 is 0 Å². The number of phenols is 1. The van der Waals surface area contributed by atoms with E-state index in [4.69, 9.17) is 0 Å². The molecule has 3 heteroatoms. The second kappa shape index (κ2) is 5.51. The Kier molecular flexibility index (Phi) is 3.76. The van der Waals surface area contributed by atoms with E-state index in [2.05, 4.69) is 4.90 Å². The van der Waals surface area contributed by atoms with Crippen molar-refractivity contribution in [1.29, 1.82) is 0 Å². The number of aliphatic hydroxyl groups excluding tert-OH is 1. The number of hydrogen-bond acceptors (Lipinski definition) is 3. The first-order valence-corrected chi connectivity index (χ1v) is 7.38. The van der Waals surface area contributed by atoms with Crippen molar-refractivity contribution in [3.05, 3.63) is 29.8 Å². The van der Waals surface area contributed by atoms with Crippen molar-refractivity contribution >= 4 is 0 Å². The fraction of sp³-hybridized carbons (Fsp3) is 0.625. The predicted octanol–water partition coefficient (Wildman–Crippen LogP) is 2.20. The van der Waals surface area contributed by atoms with E-state index in [1.54, 1.807) is 12.1 Å². The first-order chi connectivity index (χ1) is 9.26. The summed E-state index contributed by atoms with van der Waals surface area (Å²) < 4.78 is 0. The SMILES string of the molecule is OCC(CN1CC2CCCC2C1)c1ccc(O)cc1. The van der Waals surface area contributed by atoms with E-state index in [-0.39, 0.29) is 18.3 Å². The van der Waals surface area contributed by atoms with Gasteiger partial charge in [-0.1, -0.05) is 18.6 Å². The van der Waals surface area contributed by atoms with Crippen LogP contribution in [0.2, 0.25) is 0 Å². The number of rotatable bonds is 4. The van der Waals surface area contributed by atoms with Crippen LogP contribution in [0, 0.1) is 11.8 Å². The summed E-state index contributed by atoms with van der Waals surface area (Å²) in [6.45, 7) is 3.53. The van der Waals surface area contributed by atoms with E-state index in [9.17, 15) is 10.2 Å². The largest absolute Gasteiger partial charge is 0.508 e. The molecule has 19 heavy (non-hydrogen) atoms. The van der Waals surface area contributed by atoms with Crippen molar-refractivity contribution in [2.45, 2.75) is 25.2 Å². The van der Waals surface area contributed by atoms with Crippen molar-refractivity contribution in [2.24, 2.45) is 11.8 Å². The van der Waals surface area contributed by atoms with Crippen molar-refractivity contribution in [3.8, 4) is 5.75 Å². The fourth-order valence-corrected chi connectivity index (χ4v) is 3.81. The van der Waals surface area contributed by atoms with Gasteiger partial charge in [-0.2, -0.15) is 0 Å². The Bertz CT molecular complexity index is 405. The van der Waals surface area contributed by atoms with Crippen molar-refractivity contribution in [2.75, 3.05) is 26.2 Å². The minimum Gasteiger partial charge on any atom is -0.508 e. The summed E-state index contributed by atoms with van der Waals surface area (Å²) >= 11 is 0. The van der Waals surface area contributed by atoms with Crippen LogP contribution in [0.25, 0.3) is 0 Å². The molecule has 3 atom stereocenters. The van der Waals surface area contributed by atoms with Crippen LogP contribution in [-0.4, -0.2) is 41.4 Å². The van der Waals surface area contributed by atoms with Gasteiger partial charge in [0.05, 0.1) is 6.61 Å². The van der Waals surface area contributed by atoms with Gasteiger partial charge in [-0.15, -0.1) is 0 Å². The Morgan fingerprint density at radius 1 is 1.11 bits per heavy atom. The quantitative estimate of drug-likeness (QED) is 0.873. The standard InChI is InChI=1S/C16H23NO2/c18-11-15(12-4-6-16(19)7-5-12)10-17-8-13-2-1-3-14(13)9-17/h4-7,13-15,18-19H,1-3,8-11H2. The molecule has 1 aliphatic heterocycles. The van der Waals surface area contributed by atoms with Gasteiger partial charge < -0.3 is 15.1 Å². The van der Waals surface area contributed by atoms with Gasteiger partial charge in [-0.3, -0.25) is 0 Å². The first-order valence-electron chi connectivity index (χ1n) is 7.38. The molecule has 3 nitrogen and oxygen atoms in total. The molecule has 2 N–H and O–H groups in total. The van der Waals surface area contributed by atoms with Crippen LogP contribution in [0.3, 0.4) is 0 Å². The molecule has 0 amide bonds. The van der Waals surface area contributed by atoms with Crippen LogP contribution in [0.15, 0.2) is 24.3 Å². The summed E-state index contributed by atoms with van der Waals surface area (Å²) in [5, 5.41) is 19.0. The number of aliphatic hydroxyl groups is 1. The van der Waals surface area contributed by atoms with Crippen molar-refractivity contribution in [1.82, 2.24) is 4.90 Å². The number of hydrogen-bond donors (Lipinski definition) is 2. The van der Waals surface area contributed by atoms with Crippen LogP contribution < -0.4 is 0 Å². The number of nitrogens with zero attached hydrogens (tertiary/aromatic N) is 1. The summed E-state index contributed by atoms with van der Waals surface area (Å²) in [6.07, 6.45) is 4.19. The van der Waals surface area contributed by atoms with Crippen LogP contribution in [0.1, 0.15) is 30.7 Å². The molecule has 1 aliphatic carbocycles. The summed E-state index contributed by atoms with van der Waals surface area (Å²) in [4.78, 5) is 2.52. The van der Waals surface area contributed by atoms with E-state index in [0.717, 1.165) is 23.9 Å². The van der Waals surface area contributed by atoms with Gasteiger partial charge in [-0.25, -0.2) is 0 Å². The minimum atomic E-state index is 0.166. The van der Waals surface area contributed by atoms with Gasteiger partial charge in [0.1, 0.15) is 5.75 Å². The highest BCUT2D eigenvalue weighted by Crippen LogP contribution is 2.38. The summed E-state index contributed by atoms with van der Waals surface area (Å²) in [5.41, 5.74) is 1.12. The molecule has 1 heterocycles. The lowest BCUT2D eigenvalue weighted by Gasteiger charge is -2.23. The zero-order valence-corrected chi connectivity index (χ0v) is 11.3. The smallest absolute Gasteiger partial charge is 0.115 e. The van der Waals surface area contributed by atoms with Gasteiger partial charge in [0.15, 0.2) is 0 Å². The van der Waals surface area contributed by atoms with Crippen LogP contribution in [-0.2, 0) is 0 Å². The van der Waals surface area contributed by atoms with Crippen molar-refractivity contribution in [3.63, 3.8) is 0 Å². The average molecular weight is 261 g/mol. The molecular formula is C16H23NO2. The molecule has 0 bridgehead atoms. The van der Waals surface area contributed by atoms with E-state index in [1.165, 1.54) is 32.4 Å². The van der Waals surface area contributed by atoms with E-state index in [1.807, 2.05) is 12.1 Å². The molecule has 3 unspecified atom stereocenters. The lowest BCUT2D eigenvalue weighted by atomic mass is 9.99. The Morgan fingerprint density at radius 2 is 1.74 bits per heavy atom. The molecule has 1 saturated heterocycles. The summed E-state index contributed by atoms with van der Waals surface area (Å²) in [6, 6.07) is 7.26. The molecular weight excluding hydrogens is 238 g/mol. The molecule has 0 radical (unpaired) electrons. The zero-order chi connectivity index (χ0) is 13.2.